The lowest BCUT2D eigenvalue weighted by Gasteiger charge is -2.04. The largest absolute Gasteiger partial charge is 0.476 e. The molecule has 20 heavy (non-hydrogen) atoms. The summed E-state index contributed by atoms with van der Waals surface area (Å²) in [4.78, 5) is 14.7. The third kappa shape index (κ3) is 1.91. The van der Waals surface area contributed by atoms with Gasteiger partial charge in [0.25, 0.3) is 0 Å². The second-order valence-electron chi connectivity index (χ2n) is 4.22. The van der Waals surface area contributed by atoms with Crippen LogP contribution in [0.1, 0.15) is 10.5 Å². The second-order valence-corrected chi connectivity index (χ2v) is 4.22. The maximum absolute atomic E-state index is 13.7. The van der Waals surface area contributed by atoms with Crippen molar-refractivity contribution < 1.29 is 18.7 Å². The lowest BCUT2D eigenvalue weighted by Crippen LogP contribution is -1.94. The number of imidazole rings is 1. The van der Waals surface area contributed by atoms with Crippen molar-refractivity contribution in [1.29, 1.82) is 0 Å². The van der Waals surface area contributed by atoms with E-state index in [-0.39, 0.29) is 11.3 Å². The van der Waals surface area contributed by atoms with Gasteiger partial charge in [-0.05, 0) is 18.2 Å². The van der Waals surface area contributed by atoms with Crippen molar-refractivity contribution in [3.63, 3.8) is 0 Å². The summed E-state index contributed by atoms with van der Waals surface area (Å²) in [5.41, 5.74) is 0.853. The molecule has 3 rings (SSSR count). The fourth-order valence-electron chi connectivity index (χ4n) is 1.98. The molecule has 0 aliphatic heterocycles. The number of fused-ring (bicyclic) bond motifs is 1. The van der Waals surface area contributed by atoms with Crippen molar-refractivity contribution in [3.05, 3.63) is 60.1 Å². The molecule has 2 aromatic heterocycles. The van der Waals surface area contributed by atoms with Crippen LogP contribution in [0.5, 0.6) is 0 Å². The number of rotatable bonds is 2. The summed E-state index contributed by atoms with van der Waals surface area (Å²) >= 11 is 0. The first-order chi connectivity index (χ1) is 9.56. The molecule has 0 radical (unpaired) electrons. The Hall–Kier alpha value is -2.76. The van der Waals surface area contributed by atoms with E-state index in [0.29, 0.717) is 11.2 Å². The zero-order valence-electron chi connectivity index (χ0n) is 10.0. The van der Waals surface area contributed by atoms with E-state index in [0.717, 1.165) is 6.07 Å². The van der Waals surface area contributed by atoms with Gasteiger partial charge >= 0.3 is 5.97 Å². The molecular formula is C14H8F2N2O2. The summed E-state index contributed by atoms with van der Waals surface area (Å²) in [5.74, 6) is -3.02. The number of pyridine rings is 1. The Bertz CT molecular complexity index is 827. The first-order valence-corrected chi connectivity index (χ1v) is 5.72. The number of aromatic nitrogens is 2. The van der Waals surface area contributed by atoms with Gasteiger partial charge in [0.15, 0.2) is 17.3 Å². The summed E-state index contributed by atoms with van der Waals surface area (Å²) in [5, 5.41) is 8.87. The summed E-state index contributed by atoms with van der Waals surface area (Å²) in [6.45, 7) is 0. The van der Waals surface area contributed by atoms with Crippen molar-refractivity contribution in [3.8, 4) is 11.1 Å². The van der Waals surface area contributed by atoms with Gasteiger partial charge in [0.2, 0.25) is 0 Å². The van der Waals surface area contributed by atoms with E-state index >= 15 is 0 Å². The van der Waals surface area contributed by atoms with Crippen LogP contribution in [0.3, 0.4) is 0 Å². The molecule has 3 aromatic rings. The molecule has 0 saturated heterocycles. The average molecular weight is 274 g/mol. The topological polar surface area (TPSA) is 54.6 Å². The fraction of sp³-hybridized carbons (Fsp3) is 0. The van der Waals surface area contributed by atoms with Gasteiger partial charge in [-0.2, -0.15) is 0 Å². The van der Waals surface area contributed by atoms with Gasteiger partial charge in [0.05, 0.1) is 0 Å². The Balaban J connectivity index is 2.17. The first-order valence-electron chi connectivity index (χ1n) is 5.72. The monoisotopic (exact) mass is 274 g/mol. The molecule has 0 aliphatic rings. The summed E-state index contributed by atoms with van der Waals surface area (Å²) in [6.07, 6.45) is 2.82. The average Bonchev–Trinajstić information content (AvgIpc) is 2.85. The SMILES string of the molecule is O=C(O)c1cn2cc(-c3cccc(F)c3F)ccc2n1. The molecular weight excluding hydrogens is 266 g/mol. The standard InChI is InChI=1S/C14H8F2N2O2/c15-10-3-1-2-9(13(10)16)8-4-5-12-17-11(14(19)20)7-18(12)6-8/h1-7H,(H,19,20). The summed E-state index contributed by atoms with van der Waals surface area (Å²) in [6, 6.07) is 7.01. The van der Waals surface area contributed by atoms with Crippen LogP contribution in [0, 0.1) is 11.6 Å². The molecule has 2 heterocycles. The van der Waals surface area contributed by atoms with Crippen LogP contribution in [-0.2, 0) is 0 Å². The zero-order chi connectivity index (χ0) is 14.3. The highest BCUT2D eigenvalue weighted by Crippen LogP contribution is 2.24. The minimum atomic E-state index is -1.15. The minimum absolute atomic E-state index is 0.109. The minimum Gasteiger partial charge on any atom is -0.476 e. The molecule has 0 atom stereocenters. The van der Waals surface area contributed by atoms with Gasteiger partial charge in [0.1, 0.15) is 5.65 Å². The van der Waals surface area contributed by atoms with Crippen LogP contribution in [0.15, 0.2) is 42.7 Å². The predicted molar refractivity (Wildman–Crippen MR) is 67.5 cm³/mol. The molecule has 1 N–H and O–H groups in total. The second kappa shape index (κ2) is 4.41. The highest BCUT2D eigenvalue weighted by Gasteiger charge is 2.12. The highest BCUT2D eigenvalue weighted by molar-refractivity contribution is 5.86. The zero-order valence-corrected chi connectivity index (χ0v) is 10.0. The van der Waals surface area contributed by atoms with Crippen molar-refractivity contribution in [2.45, 2.75) is 0 Å². The molecule has 0 saturated carbocycles. The Morgan fingerprint density at radius 2 is 1.95 bits per heavy atom. The van der Waals surface area contributed by atoms with Gasteiger partial charge in [-0.1, -0.05) is 12.1 Å². The van der Waals surface area contributed by atoms with Crippen LogP contribution in [0.25, 0.3) is 16.8 Å². The Kier molecular flexibility index (Phi) is 2.71. The molecule has 4 nitrogen and oxygen atoms in total. The number of hydrogen-bond donors (Lipinski definition) is 1. The van der Waals surface area contributed by atoms with Crippen molar-refractivity contribution >= 4 is 11.6 Å². The first kappa shape index (κ1) is 12.3. The maximum Gasteiger partial charge on any atom is 0.356 e. The third-order valence-electron chi connectivity index (χ3n) is 2.93. The van der Waals surface area contributed by atoms with E-state index in [2.05, 4.69) is 4.98 Å². The molecule has 0 unspecified atom stereocenters. The van der Waals surface area contributed by atoms with Crippen LogP contribution in [0.2, 0.25) is 0 Å². The van der Waals surface area contributed by atoms with Gasteiger partial charge in [0, 0.05) is 23.5 Å². The van der Waals surface area contributed by atoms with Crippen LogP contribution in [-0.4, -0.2) is 20.5 Å². The number of halogens is 2. The number of carboxylic acids is 1. The number of nitrogens with zero attached hydrogens (tertiary/aromatic N) is 2. The van der Waals surface area contributed by atoms with E-state index in [1.54, 1.807) is 12.1 Å². The van der Waals surface area contributed by atoms with Crippen molar-refractivity contribution in [1.82, 2.24) is 9.38 Å². The Morgan fingerprint density at radius 1 is 1.15 bits per heavy atom. The quantitative estimate of drug-likeness (QED) is 0.781. The molecule has 100 valence electrons. The number of carboxylic acid groups (broad SMARTS) is 1. The lowest BCUT2D eigenvalue weighted by atomic mass is 10.1. The molecule has 0 aliphatic carbocycles. The maximum atomic E-state index is 13.7. The van der Waals surface area contributed by atoms with Crippen LogP contribution >= 0.6 is 0 Å². The molecule has 1 aromatic carbocycles. The lowest BCUT2D eigenvalue weighted by molar-refractivity contribution is 0.0691. The molecule has 6 heteroatoms. The normalized spacial score (nSPS) is 10.9. The Labute approximate surface area is 111 Å². The molecule has 0 amide bonds. The predicted octanol–water partition coefficient (Wildman–Crippen LogP) is 2.98. The van der Waals surface area contributed by atoms with Crippen LogP contribution < -0.4 is 0 Å². The van der Waals surface area contributed by atoms with Crippen LogP contribution in [0.4, 0.5) is 8.78 Å². The van der Waals surface area contributed by atoms with Crippen molar-refractivity contribution in [2.75, 3.05) is 0 Å². The highest BCUT2D eigenvalue weighted by atomic mass is 19.2. The molecule has 0 spiro atoms. The Morgan fingerprint density at radius 3 is 2.70 bits per heavy atom. The van der Waals surface area contributed by atoms with E-state index in [9.17, 15) is 13.6 Å². The molecule has 0 fully saturated rings. The third-order valence-corrected chi connectivity index (χ3v) is 2.93. The van der Waals surface area contributed by atoms with E-state index in [1.807, 2.05) is 0 Å². The number of aromatic carboxylic acids is 1. The van der Waals surface area contributed by atoms with E-state index in [1.165, 1.54) is 28.9 Å². The van der Waals surface area contributed by atoms with E-state index < -0.39 is 17.6 Å². The van der Waals surface area contributed by atoms with Gasteiger partial charge in [-0.15, -0.1) is 0 Å². The molecule has 0 bridgehead atoms. The summed E-state index contributed by atoms with van der Waals surface area (Å²) < 4.78 is 28.4. The van der Waals surface area contributed by atoms with E-state index in [4.69, 9.17) is 5.11 Å². The summed E-state index contributed by atoms with van der Waals surface area (Å²) in [7, 11) is 0. The van der Waals surface area contributed by atoms with Gasteiger partial charge in [-0.3, -0.25) is 0 Å². The smallest absolute Gasteiger partial charge is 0.356 e. The fourth-order valence-corrected chi connectivity index (χ4v) is 1.98. The van der Waals surface area contributed by atoms with Gasteiger partial charge < -0.3 is 9.51 Å². The number of benzene rings is 1. The van der Waals surface area contributed by atoms with Gasteiger partial charge in [-0.25, -0.2) is 18.6 Å². The van der Waals surface area contributed by atoms with Crippen molar-refractivity contribution in [2.24, 2.45) is 0 Å². The number of carbonyl (C=O) groups is 1. The number of hydrogen-bond acceptors (Lipinski definition) is 2.